The molecule has 4 nitrogen and oxygen atoms in total. The number of hydrogen-bond donors (Lipinski definition) is 1. The average Bonchev–Trinajstić information content (AvgIpc) is 2.05. The van der Waals surface area contributed by atoms with E-state index in [1.165, 1.54) is 12.8 Å². The highest BCUT2D eigenvalue weighted by molar-refractivity contribution is 5.13. The first-order valence-corrected chi connectivity index (χ1v) is 4.27. The highest BCUT2D eigenvalue weighted by atomic mass is 15.2. The molecule has 4 heteroatoms. The molecule has 1 rings (SSSR count). The van der Waals surface area contributed by atoms with Crippen LogP contribution in [0.4, 0.5) is 5.95 Å². The van der Waals surface area contributed by atoms with Gasteiger partial charge in [0.15, 0.2) is 0 Å². The maximum absolute atomic E-state index is 5.38. The van der Waals surface area contributed by atoms with Gasteiger partial charge in [0.2, 0.25) is 5.95 Å². The number of nitrogen functional groups attached to an aromatic ring is 1. The molecule has 0 spiro atoms. The lowest BCUT2D eigenvalue weighted by molar-refractivity contribution is 0.701. The van der Waals surface area contributed by atoms with Gasteiger partial charge in [0, 0.05) is 0 Å². The first-order valence-electron chi connectivity index (χ1n) is 4.27. The van der Waals surface area contributed by atoms with Crippen molar-refractivity contribution in [2.75, 3.05) is 5.73 Å². The fourth-order valence-electron chi connectivity index (χ4n) is 1.03. The summed E-state index contributed by atoms with van der Waals surface area (Å²) < 4.78 is 0. The van der Waals surface area contributed by atoms with Crippen LogP contribution in [0.15, 0.2) is 6.20 Å². The summed E-state index contributed by atoms with van der Waals surface area (Å²) >= 11 is 0. The summed E-state index contributed by atoms with van der Waals surface area (Å²) in [7, 11) is 0. The zero-order valence-corrected chi connectivity index (χ0v) is 7.32. The molecule has 0 fully saturated rings. The third-order valence-electron chi connectivity index (χ3n) is 1.66. The Morgan fingerprint density at radius 2 is 2.25 bits per heavy atom. The minimum absolute atomic E-state index is 0.268. The largest absolute Gasteiger partial charge is 0.366 e. The molecule has 0 unspecified atom stereocenters. The molecule has 1 heterocycles. The Morgan fingerprint density at radius 3 is 2.92 bits per heavy atom. The van der Waals surface area contributed by atoms with Crippen molar-refractivity contribution in [1.29, 1.82) is 0 Å². The molecule has 0 saturated carbocycles. The van der Waals surface area contributed by atoms with Gasteiger partial charge in [0.25, 0.3) is 0 Å². The van der Waals surface area contributed by atoms with Crippen molar-refractivity contribution < 1.29 is 0 Å². The van der Waals surface area contributed by atoms with Crippen LogP contribution in [-0.2, 0) is 6.42 Å². The molecule has 2 N–H and O–H groups in total. The van der Waals surface area contributed by atoms with E-state index in [1.54, 1.807) is 6.20 Å². The van der Waals surface area contributed by atoms with E-state index < -0.39 is 0 Å². The number of aryl methyl sites for hydroxylation is 1. The third-order valence-corrected chi connectivity index (χ3v) is 1.66. The predicted molar refractivity (Wildman–Crippen MR) is 47.5 cm³/mol. The molecule has 1 aromatic heterocycles. The maximum Gasteiger partial charge on any atom is 0.240 e. The number of unbranched alkanes of at least 4 members (excludes halogenated alkanes) is 2. The zero-order chi connectivity index (χ0) is 8.81. The highest BCUT2D eigenvalue weighted by Crippen LogP contribution is 2.02. The number of rotatable bonds is 4. The molecule has 12 heavy (non-hydrogen) atoms. The average molecular weight is 166 g/mol. The van der Waals surface area contributed by atoms with Gasteiger partial charge in [-0.1, -0.05) is 19.8 Å². The quantitative estimate of drug-likeness (QED) is 0.682. The van der Waals surface area contributed by atoms with E-state index >= 15 is 0 Å². The van der Waals surface area contributed by atoms with E-state index in [-0.39, 0.29) is 5.95 Å². The van der Waals surface area contributed by atoms with E-state index in [2.05, 4.69) is 22.1 Å². The smallest absolute Gasteiger partial charge is 0.240 e. The third kappa shape index (κ3) is 2.82. The van der Waals surface area contributed by atoms with E-state index in [4.69, 9.17) is 5.73 Å². The normalized spacial score (nSPS) is 10.1. The SMILES string of the molecule is CCCCCc1cnnc(N)n1. The predicted octanol–water partition coefficient (Wildman–Crippen LogP) is 1.19. The number of aromatic nitrogens is 3. The zero-order valence-electron chi connectivity index (χ0n) is 7.32. The second-order valence-electron chi connectivity index (χ2n) is 2.76. The van der Waals surface area contributed by atoms with E-state index in [0.29, 0.717) is 0 Å². The summed E-state index contributed by atoms with van der Waals surface area (Å²) in [5.74, 6) is 0.268. The Morgan fingerprint density at radius 1 is 1.42 bits per heavy atom. The molecule has 0 aliphatic rings. The molecule has 0 aliphatic heterocycles. The summed E-state index contributed by atoms with van der Waals surface area (Å²) in [4.78, 5) is 4.05. The van der Waals surface area contributed by atoms with Crippen LogP contribution in [0.3, 0.4) is 0 Å². The van der Waals surface area contributed by atoms with Gasteiger partial charge in [-0.25, -0.2) is 4.98 Å². The molecule has 66 valence electrons. The number of nitrogens with two attached hydrogens (primary N) is 1. The standard InChI is InChI=1S/C8H14N4/c1-2-3-4-5-7-6-10-12-8(9)11-7/h6H,2-5H2,1H3,(H2,9,11,12). The molecule has 0 saturated heterocycles. The van der Waals surface area contributed by atoms with Crippen molar-refractivity contribution in [3.63, 3.8) is 0 Å². The van der Waals surface area contributed by atoms with Crippen molar-refractivity contribution in [1.82, 2.24) is 15.2 Å². The molecular formula is C8H14N4. The number of anilines is 1. The lowest BCUT2D eigenvalue weighted by atomic mass is 10.2. The highest BCUT2D eigenvalue weighted by Gasteiger charge is 1.95. The van der Waals surface area contributed by atoms with Gasteiger partial charge in [-0.05, 0) is 12.8 Å². The van der Waals surface area contributed by atoms with Gasteiger partial charge in [-0.15, -0.1) is 5.10 Å². The van der Waals surface area contributed by atoms with Crippen molar-refractivity contribution in [3.05, 3.63) is 11.9 Å². The summed E-state index contributed by atoms with van der Waals surface area (Å²) in [6, 6.07) is 0. The van der Waals surface area contributed by atoms with Crippen LogP contribution in [0.5, 0.6) is 0 Å². The van der Waals surface area contributed by atoms with Gasteiger partial charge < -0.3 is 5.73 Å². The number of nitrogens with zero attached hydrogens (tertiary/aromatic N) is 3. The monoisotopic (exact) mass is 166 g/mol. The Bertz CT molecular complexity index is 236. The van der Waals surface area contributed by atoms with Gasteiger partial charge in [-0.3, -0.25) is 0 Å². The summed E-state index contributed by atoms with van der Waals surface area (Å²) in [6.45, 7) is 2.17. The molecule has 0 amide bonds. The van der Waals surface area contributed by atoms with Gasteiger partial charge in [0.05, 0.1) is 11.9 Å². The van der Waals surface area contributed by atoms with Gasteiger partial charge >= 0.3 is 0 Å². The fraction of sp³-hybridized carbons (Fsp3) is 0.625. The lowest BCUT2D eigenvalue weighted by Gasteiger charge is -1.98. The summed E-state index contributed by atoms with van der Waals surface area (Å²) in [5, 5.41) is 7.31. The van der Waals surface area contributed by atoms with Crippen LogP contribution in [0.1, 0.15) is 31.9 Å². The van der Waals surface area contributed by atoms with E-state index in [1.807, 2.05) is 0 Å². The minimum atomic E-state index is 0.268. The van der Waals surface area contributed by atoms with E-state index in [9.17, 15) is 0 Å². The van der Waals surface area contributed by atoms with Crippen molar-refractivity contribution in [2.45, 2.75) is 32.6 Å². The van der Waals surface area contributed by atoms with Gasteiger partial charge in [0.1, 0.15) is 0 Å². The molecule has 0 aromatic carbocycles. The first kappa shape index (κ1) is 8.90. The molecule has 0 bridgehead atoms. The molecule has 1 aromatic rings. The van der Waals surface area contributed by atoms with Crippen LogP contribution < -0.4 is 5.73 Å². The summed E-state index contributed by atoms with van der Waals surface area (Å²) in [5.41, 5.74) is 6.32. The second kappa shape index (κ2) is 4.64. The van der Waals surface area contributed by atoms with Crippen LogP contribution >= 0.6 is 0 Å². The molecule has 0 radical (unpaired) electrons. The Labute approximate surface area is 72.2 Å². The van der Waals surface area contributed by atoms with Crippen molar-refractivity contribution in [2.24, 2.45) is 0 Å². The molecule has 0 aliphatic carbocycles. The Hall–Kier alpha value is -1.19. The van der Waals surface area contributed by atoms with Crippen LogP contribution in [-0.4, -0.2) is 15.2 Å². The Kier molecular flexibility index (Phi) is 3.44. The van der Waals surface area contributed by atoms with Gasteiger partial charge in [-0.2, -0.15) is 5.10 Å². The van der Waals surface area contributed by atoms with E-state index in [0.717, 1.165) is 18.5 Å². The second-order valence-corrected chi connectivity index (χ2v) is 2.76. The Balaban J connectivity index is 2.41. The lowest BCUT2D eigenvalue weighted by Crippen LogP contribution is -2.00. The first-order chi connectivity index (χ1) is 5.83. The van der Waals surface area contributed by atoms with Crippen molar-refractivity contribution in [3.8, 4) is 0 Å². The van der Waals surface area contributed by atoms with Crippen LogP contribution in [0, 0.1) is 0 Å². The molecule has 0 atom stereocenters. The van der Waals surface area contributed by atoms with Crippen LogP contribution in [0.25, 0.3) is 0 Å². The minimum Gasteiger partial charge on any atom is -0.366 e. The topological polar surface area (TPSA) is 64.7 Å². The van der Waals surface area contributed by atoms with Crippen LogP contribution in [0.2, 0.25) is 0 Å². The number of hydrogen-bond acceptors (Lipinski definition) is 4. The molecular weight excluding hydrogens is 152 g/mol. The maximum atomic E-state index is 5.38. The summed E-state index contributed by atoms with van der Waals surface area (Å²) in [6.07, 6.45) is 6.21. The fourth-order valence-corrected chi connectivity index (χ4v) is 1.03. The van der Waals surface area contributed by atoms with Crippen molar-refractivity contribution >= 4 is 5.95 Å².